The molecule has 0 saturated carbocycles. The van der Waals surface area contributed by atoms with Crippen LogP contribution < -0.4 is 0 Å². The van der Waals surface area contributed by atoms with Crippen molar-refractivity contribution in [3.63, 3.8) is 0 Å². The molecule has 1 atom stereocenters. The summed E-state index contributed by atoms with van der Waals surface area (Å²) in [6.45, 7) is 5.19. The Morgan fingerprint density at radius 3 is 2.45 bits per heavy atom. The summed E-state index contributed by atoms with van der Waals surface area (Å²) in [6, 6.07) is 1.51. The zero-order valence-corrected chi connectivity index (χ0v) is 13.0. The molecular weight excluding hydrogens is 280 g/mol. The summed E-state index contributed by atoms with van der Waals surface area (Å²) in [5, 5.41) is 0.472. The number of nitrogens with zero attached hydrogens (tertiary/aromatic N) is 2. The standard InChI is InChI=1S/C13H18N2O4S/c1-13(2,3)19-11(17)9(10(16)18-4)8-6-7-14-12(15-8)20-5/h6-7,9H,1-5H3. The Hall–Kier alpha value is -1.63. The average molecular weight is 298 g/mol. The minimum Gasteiger partial charge on any atom is -0.468 e. The van der Waals surface area contributed by atoms with Gasteiger partial charge in [0.25, 0.3) is 0 Å². The predicted molar refractivity (Wildman–Crippen MR) is 74.4 cm³/mol. The van der Waals surface area contributed by atoms with Gasteiger partial charge in [0.15, 0.2) is 11.1 Å². The van der Waals surface area contributed by atoms with Crippen molar-refractivity contribution in [1.29, 1.82) is 0 Å². The summed E-state index contributed by atoms with van der Waals surface area (Å²) in [5.74, 6) is -2.59. The van der Waals surface area contributed by atoms with Crippen LogP contribution in [0, 0.1) is 0 Å². The summed E-state index contributed by atoms with van der Waals surface area (Å²) in [6.07, 6.45) is 3.30. The molecule has 6 nitrogen and oxygen atoms in total. The highest BCUT2D eigenvalue weighted by Crippen LogP contribution is 2.22. The number of aromatic nitrogens is 2. The van der Waals surface area contributed by atoms with E-state index < -0.39 is 23.5 Å². The highest BCUT2D eigenvalue weighted by molar-refractivity contribution is 7.98. The van der Waals surface area contributed by atoms with Crippen molar-refractivity contribution in [2.75, 3.05) is 13.4 Å². The highest BCUT2D eigenvalue weighted by atomic mass is 32.2. The van der Waals surface area contributed by atoms with E-state index in [1.54, 1.807) is 27.0 Å². The SMILES string of the molecule is COC(=O)C(C(=O)OC(C)(C)C)c1ccnc(SC)n1. The van der Waals surface area contributed by atoms with E-state index >= 15 is 0 Å². The summed E-state index contributed by atoms with van der Waals surface area (Å²) < 4.78 is 9.91. The molecule has 7 heteroatoms. The summed E-state index contributed by atoms with van der Waals surface area (Å²) in [7, 11) is 1.22. The molecule has 1 heterocycles. The Kier molecular flexibility index (Phi) is 5.50. The van der Waals surface area contributed by atoms with Gasteiger partial charge in [0.05, 0.1) is 12.8 Å². The van der Waals surface area contributed by atoms with Crippen molar-refractivity contribution >= 4 is 23.7 Å². The number of carbonyl (C=O) groups is 2. The van der Waals surface area contributed by atoms with Crippen molar-refractivity contribution < 1.29 is 19.1 Å². The lowest BCUT2D eigenvalue weighted by molar-refractivity contribution is -0.163. The summed E-state index contributed by atoms with van der Waals surface area (Å²) >= 11 is 1.32. The van der Waals surface area contributed by atoms with Gasteiger partial charge in [-0.1, -0.05) is 11.8 Å². The summed E-state index contributed by atoms with van der Waals surface area (Å²) in [4.78, 5) is 32.2. The van der Waals surface area contributed by atoms with E-state index in [0.29, 0.717) is 5.16 Å². The van der Waals surface area contributed by atoms with Crippen molar-refractivity contribution in [2.24, 2.45) is 0 Å². The first-order chi connectivity index (χ1) is 9.28. The molecule has 20 heavy (non-hydrogen) atoms. The summed E-state index contributed by atoms with van der Waals surface area (Å²) in [5.41, 5.74) is -0.427. The monoisotopic (exact) mass is 298 g/mol. The highest BCUT2D eigenvalue weighted by Gasteiger charge is 2.35. The number of esters is 2. The van der Waals surface area contributed by atoms with Gasteiger partial charge >= 0.3 is 11.9 Å². The molecule has 110 valence electrons. The zero-order valence-electron chi connectivity index (χ0n) is 12.2. The second kappa shape index (κ2) is 6.69. The first kappa shape index (κ1) is 16.4. The minimum atomic E-state index is -1.20. The lowest BCUT2D eigenvalue weighted by Crippen LogP contribution is -2.32. The van der Waals surface area contributed by atoms with Crippen LogP contribution in [0.2, 0.25) is 0 Å². The third-order valence-electron chi connectivity index (χ3n) is 2.21. The van der Waals surface area contributed by atoms with Crippen LogP contribution in [-0.2, 0) is 19.1 Å². The molecule has 0 aromatic carbocycles. The van der Waals surface area contributed by atoms with E-state index in [-0.39, 0.29) is 5.69 Å². The van der Waals surface area contributed by atoms with E-state index in [2.05, 4.69) is 14.7 Å². The molecule has 0 aliphatic heterocycles. The van der Waals surface area contributed by atoms with E-state index in [1.807, 2.05) is 0 Å². The second-order valence-corrected chi connectivity index (χ2v) is 5.73. The second-order valence-electron chi connectivity index (χ2n) is 4.96. The molecule has 0 spiro atoms. The van der Waals surface area contributed by atoms with Crippen LogP contribution in [0.5, 0.6) is 0 Å². The van der Waals surface area contributed by atoms with E-state index in [1.165, 1.54) is 31.1 Å². The molecule has 1 aromatic rings. The number of hydrogen-bond donors (Lipinski definition) is 0. The molecule has 0 saturated heterocycles. The Bertz CT molecular complexity index is 499. The molecule has 1 unspecified atom stereocenters. The molecular formula is C13H18N2O4S. The van der Waals surface area contributed by atoms with E-state index in [0.717, 1.165) is 0 Å². The van der Waals surface area contributed by atoms with E-state index in [9.17, 15) is 9.59 Å². The van der Waals surface area contributed by atoms with Crippen molar-refractivity contribution in [2.45, 2.75) is 37.4 Å². The van der Waals surface area contributed by atoms with E-state index in [4.69, 9.17) is 4.74 Å². The van der Waals surface area contributed by atoms with Crippen LogP contribution in [0.15, 0.2) is 17.4 Å². The lowest BCUT2D eigenvalue weighted by atomic mass is 10.1. The third-order valence-corrected chi connectivity index (χ3v) is 2.77. The van der Waals surface area contributed by atoms with Crippen LogP contribution >= 0.6 is 11.8 Å². The Labute approximate surface area is 122 Å². The van der Waals surface area contributed by atoms with Gasteiger partial charge in [-0.2, -0.15) is 0 Å². The first-order valence-corrected chi connectivity index (χ1v) is 7.18. The number of rotatable bonds is 4. The Morgan fingerprint density at radius 1 is 1.30 bits per heavy atom. The van der Waals surface area contributed by atoms with Crippen LogP contribution in [0.3, 0.4) is 0 Å². The number of hydrogen-bond acceptors (Lipinski definition) is 7. The quantitative estimate of drug-likeness (QED) is 0.363. The fourth-order valence-corrected chi connectivity index (χ4v) is 1.79. The van der Waals surface area contributed by atoms with Gasteiger partial charge in [0.2, 0.25) is 0 Å². The molecule has 1 rings (SSSR count). The smallest absolute Gasteiger partial charge is 0.327 e. The molecule has 0 amide bonds. The maximum absolute atomic E-state index is 12.2. The topological polar surface area (TPSA) is 78.4 Å². The molecule has 0 N–H and O–H groups in total. The van der Waals surface area contributed by atoms with Gasteiger partial charge in [0.1, 0.15) is 5.60 Å². The first-order valence-electron chi connectivity index (χ1n) is 5.96. The average Bonchev–Trinajstić information content (AvgIpc) is 2.36. The van der Waals surface area contributed by atoms with Gasteiger partial charge in [-0.05, 0) is 33.1 Å². The molecule has 1 aromatic heterocycles. The fourth-order valence-electron chi connectivity index (χ4n) is 1.43. The zero-order chi connectivity index (χ0) is 15.3. The lowest BCUT2D eigenvalue weighted by Gasteiger charge is -2.22. The molecule has 0 aliphatic rings. The molecule has 0 bridgehead atoms. The van der Waals surface area contributed by atoms with Crippen LogP contribution in [0.4, 0.5) is 0 Å². The van der Waals surface area contributed by atoms with Crippen LogP contribution in [0.25, 0.3) is 0 Å². The number of ether oxygens (including phenoxy) is 2. The van der Waals surface area contributed by atoms with Crippen molar-refractivity contribution in [1.82, 2.24) is 9.97 Å². The molecule has 0 aliphatic carbocycles. The molecule has 0 radical (unpaired) electrons. The molecule has 0 fully saturated rings. The van der Waals surface area contributed by atoms with Gasteiger partial charge in [0, 0.05) is 6.20 Å². The van der Waals surface area contributed by atoms with Gasteiger partial charge in [-0.15, -0.1) is 0 Å². The number of methoxy groups -OCH3 is 1. The number of thioether (sulfide) groups is 1. The van der Waals surface area contributed by atoms with Gasteiger partial charge in [-0.3, -0.25) is 9.59 Å². The van der Waals surface area contributed by atoms with Gasteiger partial charge in [-0.25, -0.2) is 9.97 Å². The van der Waals surface area contributed by atoms with Crippen LogP contribution in [0.1, 0.15) is 32.4 Å². The minimum absolute atomic E-state index is 0.269. The normalized spacial score (nSPS) is 12.7. The van der Waals surface area contributed by atoms with Crippen molar-refractivity contribution in [3.8, 4) is 0 Å². The Balaban J connectivity index is 3.12. The maximum atomic E-state index is 12.2. The largest absolute Gasteiger partial charge is 0.468 e. The predicted octanol–water partition coefficient (Wildman–Crippen LogP) is 1.80. The van der Waals surface area contributed by atoms with Crippen LogP contribution in [-0.4, -0.2) is 40.9 Å². The Morgan fingerprint density at radius 2 is 1.95 bits per heavy atom. The van der Waals surface area contributed by atoms with Crippen molar-refractivity contribution in [3.05, 3.63) is 18.0 Å². The van der Waals surface area contributed by atoms with Gasteiger partial charge < -0.3 is 9.47 Å². The fraction of sp³-hybridized carbons (Fsp3) is 0.538. The number of carbonyl (C=O) groups excluding carboxylic acids is 2. The third kappa shape index (κ3) is 4.48. The maximum Gasteiger partial charge on any atom is 0.327 e.